The highest BCUT2D eigenvalue weighted by Gasteiger charge is 2.10. The van der Waals surface area contributed by atoms with Crippen LogP contribution < -0.4 is 0 Å². The third kappa shape index (κ3) is 2.30. The van der Waals surface area contributed by atoms with E-state index in [9.17, 15) is 0 Å². The predicted molar refractivity (Wildman–Crippen MR) is 107 cm³/mol. The Morgan fingerprint density at radius 3 is 2.21 bits per heavy atom. The molecule has 0 bridgehead atoms. The van der Waals surface area contributed by atoms with Crippen molar-refractivity contribution in [2.75, 3.05) is 0 Å². The average Bonchev–Trinajstić information content (AvgIpc) is 2.64. The van der Waals surface area contributed by atoms with Crippen LogP contribution in [0.1, 0.15) is 25.8 Å². The summed E-state index contributed by atoms with van der Waals surface area (Å²) in [5, 5.41) is 8.20. The summed E-state index contributed by atoms with van der Waals surface area (Å²) < 4.78 is 0. The average molecular weight is 310 g/mol. The predicted octanol–water partition coefficient (Wildman–Crippen LogP) is 7.04. The van der Waals surface area contributed by atoms with Gasteiger partial charge in [0.1, 0.15) is 0 Å². The molecule has 0 spiro atoms. The zero-order valence-electron chi connectivity index (χ0n) is 14.4. The van der Waals surface area contributed by atoms with Crippen LogP contribution in [-0.4, -0.2) is 0 Å². The second-order valence-corrected chi connectivity index (χ2v) is 6.66. The van der Waals surface area contributed by atoms with Crippen LogP contribution in [0.25, 0.3) is 32.3 Å². The second-order valence-electron chi connectivity index (χ2n) is 6.66. The van der Waals surface area contributed by atoms with Gasteiger partial charge in [-0.05, 0) is 64.6 Å². The minimum atomic E-state index is 1.01. The van der Waals surface area contributed by atoms with Gasteiger partial charge in [0.2, 0.25) is 0 Å². The number of aryl methyl sites for hydroxylation is 1. The lowest BCUT2D eigenvalue weighted by Gasteiger charge is -2.14. The van der Waals surface area contributed by atoms with E-state index in [-0.39, 0.29) is 0 Å². The fourth-order valence-electron chi connectivity index (χ4n) is 3.70. The summed E-state index contributed by atoms with van der Waals surface area (Å²) in [4.78, 5) is 0. The van der Waals surface area contributed by atoms with Crippen molar-refractivity contribution in [2.24, 2.45) is 0 Å². The number of hydrogen-bond acceptors (Lipinski definition) is 0. The van der Waals surface area contributed by atoms with Crippen molar-refractivity contribution >= 4 is 32.3 Å². The fourth-order valence-corrected chi connectivity index (χ4v) is 3.70. The minimum absolute atomic E-state index is 1.01. The Bertz CT molecular complexity index is 1060. The Morgan fingerprint density at radius 1 is 0.875 bits per heavy atom. The highest BCUT2D eigenvalue weighted by Crippen LogP contribution is 2.36. The molecule has 0 aromatic heterocycles. The van der Waals surface area contributed by atoms with Crippen molar-refractivity contribution in [3.05, 3.63) is 84.0 Å². The SMILES string of the molecule is C=C(CCc1ccc2ccc3cccc4ccc1c2c34)/C(C)=C/C. The molecule has 0 aliphatic rings. The van der Waals surface area contributed by atoms with Crippen LogP contribution in [-0.2, 0) is 6.42 Å². The van der Waals surface area contributed by atoms with E-state index >= 15 is 0 Å². The molecular weight excluding hydrogens is 288 g/mol. The Hall–Kier alpha value is -2.60. The maximum Gasteiger partial charge on any atom is -0.00240 e. The van der Waals surface area contributed by atoms with Gasteiger partial charge in [-0.1, -0.05) is 78.4 Å². The van der Waals surface area contributed by atoms with E-state index in [2.05, 4.69) is 81.1 Å². The lowest BCUT2D eigenvalue weighted by molar-refractivity contribution is 0.959. The molecule has 24 heavy (non-hydrogen) atoms. The monoisotopic (exact) mass is 310 g/mol. The molecule has 0 atom stereocenters. The summed E-state index contributed by atoms with van der Waals surface area (Å²) in [6.45, 7) is 8.46. The topological polar surface area (TPSA) is 0 Å². The van der Waals surface area contributed by atoms with Crippen LogP contribution in [0, 0.1) is 0 Å². The van der Waals surface area contributed by atoms with Gasteiger partial charge in [-0.15, -0.1) is 0 Å². The van der Waals surface area contributed by atoms with Crippen molar-refractivity contribution in [1.29, 1.82) is 0 Å². The normalized spacial score (nSPS) is 12.5. The van der Waals surface area contributed by atoms with E-state index in [4.69, 9.17) is 0 Å². The number of allylic oxidation sites excluding steroid dienone is 3. The lowest BCUT2D eigenvalue weighted by Crippen LogP contribution is -1.93. The summed E-state index contributed by atoms with van der Waals surface area (Å²) in [5.74, 6) is 0. The van der Waals surface area contributed by atoms with Crippen molar-refractivity contribution in [3.63, 3.8) is 0 Å². The van der Waals surface area contributed by atoms with Gasteiger partial charge in [-0.3, -0.25) is 0 Å². The van der Waals surface area contributed by atoms with Gasteiger partial charge in [0, 0.05) is 0 Å². The molecule has 0 saturated carbocycles. The van der Waals surface area contributed by atoms with Crippen molar-refractivity contribution in [3.8, 4) is 0 Å². The molecule has 0 nitrogen and oxygen atoms in total. The summed E-state index contributed by atoms with van der Waals surface area (Å²) in [5.41, 5.74) is 3.96. The van der Waals surface area contributed by atoms with Crippen molar-refractivity contribution < 1.29 is 0 Å². The number of rotatable bonds is 4. The Balaban J connectivity index is 1.87. The van der Waals surface area contributed by atoms with Gasteiger partial charge in [0.05, 0.1) is 0 Å². The molecule has 4 rings (SSSR count). The highest BCUT2D eigenvalue weighted by molar-refractivity contribution is 6.23. The summed E-state index contributed by atoms with van der Waals surface area (Å²) in [7, 11) is 0. The van der Waals surface area contributed by atoms with E-state index in [1.54, 1.807) is 0 Å². The van der Waals surface area contributed by atoms with Crippen LogP contribution >= 0.6 is 0 Å². The second kappa shape index (κ2) is 5.79. The third-order valence-corrected chi connectivity index (χ3v) is 5.31. The van der Waals surface area contributed by atoms with Gasteiger partial charge < -0.3 is 0 Å². The highest BCUT2D eigenvalue weighted by atomic mass is 14.1. The number of benzene rings is 4. The van der Waals surface area contributed by atoms with Crippen LogP contribution in [0.2, 0.25) is 0 Å². The molecular formula is C24H22. The van der Waals surface area contributed by atoms with E-state index in [1.807, 2.05) is 0 Å². The van der Waals surface area contributed by atoms with Gasteiger partial charge in [0.25, 0.3) is 0 Å². The minimum Gasteiger partial charge on any atom is -0.0956 e. The van der Waals surface area contributed by atoms with Crippen molar-refractivity contribution in [2.45, 2.75) is 26.7 Å². The molecule has 0 aliphatic carbocycles. The van der Waals surface area contributed by atoms with E-state index in [1.165, 1.54) is 49.0 Å². The van der Waals surface area contributed by atoms with Crippen molar-refractivity contribution in [1.82, 2.24) is 0 Å². The molecule has 4 aromatic carbocycles. The molecule has 0 N–H and O–H groups in total. The molecule has 0 unspecified atom stereocenters. The maximum absolute atomic E-state index is 4.23. The quantitative estimate of drug-likeness (QED) is 0.280. The molecule has 118 valence electrons. The zero-order valence-corrected chi connectivity index (χ0v) is 14.4. The fraction of sp³-hybridized carbons (Fsp3) is 0.167. The zero-order chi connectivity index (χ0) is 16.7. The van der Waals surface area contributed by atoms with Gasteiger partial charge in [0.15, 0.2) is 0 Å². The third-order valence-electron chi connectivity index (χ3n) is 5.31. The van der Waals surface area contributed by atoms with E-state index < -0.39 is 0 Å². The molecule has 0 fully saturated rings. The summed E-state index contributed by atoms with van der Waals surface area (Å²) in [6, 6.07) is 20.2. The Labute approximate surface area is 143 Å². The van der Waals surface area contributed by atoms with Gasteiger partial charge >= 0.3 is 0 Å². The van der Waals surface area contributed by atoms with E-state index in [0.29, 0.717) is 0 Å². The molecule has 4 aromatic rings. The number of hydrogen-bond donors (Lipinski definition) is 0. The molecule has 0 heterocycles. The van der Waals surface area contributed by atoms with Crippen LogP contribution in [0.15, 0.2) is 78.4 Å². The molecule has 0 amide bonds. The maximum atomic E-state index is 4.23. The summed E-state index contributed by atoms with van der Waals surface area (Å²) in [6.07, 6.45) is 4.20. The molecule has 0 saturated heterocycles. The first kappa shape index (κ1) is 15.0. The summed E-state index contributed by atoms with van der Waals surface area (Å²) >= 11 is 0. The largest absolute Gasteiger partial charge is 0.0956 e. The van der Waals surface area contributed by atoms with Crippen LogP contribution in [0.3, 0.4) is 0 Å². The smallest absolute Gasteiger partial charge is 0.00240 e. The Kier molecular flexibility index (Phi) is 3.61. The first-order valence-electron chi connectivity index (χ1n) is 8.65. The Morgan fingerprint density at radius 2 is 1.50 bits per heavy atom. The standard InChI is InChI=1S/C24H22/c1-4-16(2)17(3)8-9-18-10-11-21-13-12-19-6-5-7-20-14-15-22(18)24(21)23(19)20/h4-7,10-15H,3,8-9H2,1-2H3/b16-4+. The molecule has 0 aliphatic heterocycles. The lowest BCUT2D eigenvalue weighted by atomic mass is 9.90. The molecule has 0 heteroatoms. The van der Waals surface area contributed by atoms with Crippen LogP contribution in [0.5, 0.6) is 0 Å². The van der Waals surface area contributed by atoms with Gasteiger partial charge in [-0.2, -0.15) is 0 Å². The first-order valence-corrected chi connectivity index (χ1v) is 8.65. The first-order chi connectivity index (χ1) is 11.7. The van der Waals surface area contributed by atoms with E-state index in [0.717, 1.165) is 12.8 Å². The van der Waals surface area contributed by atoms with Crippen LogP contribution in [0.4, 0.5) is 0 Å². The van der Waals surface area contributed by atoms with Gasteiger partial charge in [-0.25, -0.2) is 0 Å². The molecule has 0 radical (unpaired) electrons.